The summed E-state index contributed by atoms with van der Waals surface area (Å²) in [6.45, 7) is 0. The summed E-state index contributed by atoms with van der Waals surface area (Å²) in [6.07, 6.45) is 0.415. The molecule has 1 aromatic carbocycles. The fraction of sp³-hybridized carbons (Fsp3) is 0.125. The number of carbonyl (C=O) groups excluding carboxylic acids is 1. The Balaban J connectivity index is 3.04. The van der Waals surface area contributed by atoms with Crippen LogP contribution in [-0.4, -0.2) is 13.5 Å². The van der Waals surface area contributed by atoms with Crippen molar-refractivity contribution in [3.63, 3.8) is 0 Å². The first kappa shape index (κ1) is 8.52. The van der Waals surface area contributed by atoms with Gasteiger partial charge in [0.1, 0.15) is 0 Å². The van der Waals surface area contributed by atoms with Crippen molar-refractivity contribution in [1.29, 1.82) is 0 Å². The number of halogens is 1. The molecule has 0 spiro atoms. The smallest absolute Gasteiger partial charge is 0.211 e. The minimum Gasteiger partial charge on any atom is -0.494 e. The zero-order valence-corrected chi connectivity index (χ0v) is 6.50. The van der Waals surface area contributed by atoms with E-state index in [9.17, 15) is 9.18 Å². The van der Waals surface area contributed by atoms with Crippen LogP contribution < -0.4 is 10.1 Å². The van der Waals surface area contributed by atoms with Crippen molar-refractivity contribution >= 4 is 12.1 Å². The van der Waals surface area contributed by atoms with Crippen LogP contribution >= 0.6 is 0 Å². The number of hydrogen-bond acceptors (Lipinski definition) is 2. The number of rotatable bonds is 3. The molecule has 0 heterocycles. The predicted octanol–water partition coefficient (Wildman–Crippen LogP) is 1.40. The predicted molar refractivity (Wildman–Crippen MR) is 42.6 cm³/mol. The Morgan fingerprint density at radius 1 is 1.58 bits per heavy atom. The van der Waals surface area contributed by atoms with Crippen LogP contribution in [-0.2, 0) is 4.79 Å². The van der Waals surface area contributed by atoms with Gasteiger partial charge in [0.05, 0.1) is 12.8 Å². The van der Waals surface area contributed by atoms with Crippen molar-refractivity contribution in [3.05, 3.63) is 24.0 Å². The van der Waals surface area contributed by atoms with E-state index in [0.717, 1.165) is 0 Å². The zero-order valence-electron chi connectivity index (χ0n) is 6.50. The zero-order chi connectivity index (χ0) is 8.97. The summed E-state index contributed by atoms with van der Waals surface area (Å²) >= 11 is 0. The molecule has 1 aromatic rings. The van der Waals surface area contributed by atoms with Gasteiger partial charge in [-0.25, -0.2) is 4.39 Å². The third kappa shape index (κ3) is 1.53. The molecule has 0 saturated carbocycles. The average Bonchev–Trinajstić information content (AvgIpc) is 2.09. The van der Waals surface area contributed by atoms with Crippen LogP contribution in [0.15, 0.2) is 18.2 Å². The molecule has 0 fully saturated rings. The summed E-state index contributed by atoms with van der Waals surface area (Å²) in [4.78, 5) is 10.0. The number of benzene rings is 1. The van der Waals surface area contributed by atoms with Crippen LogP contribution in [0.3, 0.4) is 0 Å². The normalized spacial score (nSPS) is 9.17. The Bertz CT molecular complexity index is 288. The molecule has 0 aliphatic rings. The van der Waals surface area contributed by atoms with E-state index in [1.807, 2.05) is 0 Å². The molecule has 1 N–H and O–H groups in total. The third-order valence-corrected chi connectivity index (χ3v) is 1.40. The highest BCUT2D eigenvalue weighted by molar-refractivity contribution is 5.72. The molecule has 0 aliphatic heterocycles. The number of anilines is 1. The first-order chi connectivity index (χ1) is 5.79. The van der Waals surface area contributed by atoms with Crippen LogP contribution in [0.2, 0.25) is 0 Å². The number of methoxy groups -OCH3 is 1. The van der Waals surface area contributed by atoms with Gasteiger partial charge in [-0.3, -0.25) is 4.79 Å². The molecule has 0 aromatic heterocycles. The van der Waals surface area contributed by atoms with Crippen molar-refractivity contribution in [2.45, 2.75) is 0 Å². The Morgan fingerprint density at radius 3 is 2.92 bits per heavy atom. The molecule has 0 unspecified atom stereocenters. The molecule has 0 radical (unpaired) electrons. The first-order valence-electron chi connectivity index (χ1n) is 3.32. The quantitative estimate of drug-likeness (QED) is 0.694. The molecule has 0 bridgehead atoms. The summed E-state index contributed by atoms with van der Waals surface area (Å²) in [5.41, 5.74) is 0.115. The van der Waals surface area contributed by atoms with Crippen molar-refractivity contribution in [1.82, 2.24) is 0 Å². The van der Waals surface area contributed by atoms with Crippen LogP contribution in [0.5, 0.6) is 5.75 Å². The lowest BCUT2D eigenvalue weighted by Crippen LogP contribution is -1.98. The number of hydrogen-bond donors (Lipinski definition) is 1. The summed E-state index contributed by atoms with van der Waals surface area (Å²) in [5.74, 6) is -0.450. The van der Waals surface area contributed by atoms with E-state index in [0.29, 0.717) is 6.41 Å². The average molecular weight is 169 g/mol. The highest BCUT2D eigenvalue weighted by Crippen LogP contribution is 2.23. The molecule has 1 rings (SSSR count). The molecule has 0 saturated heterocycles. The lowest BCUT2D eigenvalue weighted by atomic mass is 10.3. The lowest BCUT2D eigenvalue weighted by molar-refractivity contribution is -0.105. The van der Waals surface area contributed by atoms with Gasteiger partial charge in [-0.05, 0) is 12.1 Å². The first-order valence-corrected chi connectivity index (χ1v) is 3.32. The van der Waals surface area contributed by atoms with Crippen molar-refractivity contribution in [2.75, 3.05) is 12.4 Å². The van der Waals surface area contributed by atoms with Crippen LogP contribution in [0.1, 0.15) is 0 Å². The fourth-order valence-electron chi connectivity index (χ4n) is 0.843. The van der Waals surface area contributed by atoms with E-state index >= 15 is 0 Å². The molecule has 0 aliphatic carbocycles. The summed E-state index contributed by atoms with van der Waals surface area (Å²) in [5, 5.41) is 2.21. The van der Waals surface area contributed by atoms with Gasteiger partial charge < -0.3 is 10.1 Å². The SMILES string of the molecule is COc1cccc(NC=O)c1F. The van der Waals surface area contributed by atoms with Gasteiger partial charge in [0.25, 0.3) is 0 Å². The van der Waals surface area contributed by atoms with E-state index in [4.69, 9.17) is 4.74 Å². The van der Waals surface area contributed by atoms with Gasteiger partial charge in [0, 0.05) is 0 Å². The van der Waals surface area contributed by atoms with E-state index in [2.05, 4.69) is 5.32 Å². The molecular formula is C8H8FNO2. The third-order valence-electron chi connectivity index (χ3n) is 1.40. The minimum absolute atomic E-state index is 0.113. The van der Waals surface area contributed by atoms with Gasteiger partial charge in [-0.15, -0.1) is 0 Å². The maximum Gasteiger partial charge on any atom is 0.211 e. The number of amides is 1. The maximum absolute atomic E-state index is 13.1. The fourth-order valence-corrected chi connectivity index (χ4v) is 0.843. The number of nitrogens with one attached hydrogen (secondary N) is 1. The molecule has 64 valence electrons. The van der Waals surface area contributed by atoms with Crippen molar-refractivity contribution in [3.8, 4) is 5.75 Å². The van der Waals surface area contributed by atoms with E-state index in [1.165, 1.54) is 19.2 Å². The summed E-state index contributed by atoms with van der Waals surface area (Å²) < 4.78 is 17.8. The maximum atomic E-state index is 13.1. The Morgan fingerprint density at radius 2 is 2.33 bits per heavy atom. The molecule has 1 amide bonds. The van der Waals surface area contributed by atoms with Gasteiger partial charge >= 0.3 is 0 Å². The summed E-state index contributed by atoms with van der Waals surface area (Å²) in [6, 6.07) is 4.52. The minimum atomic E-state index is -0.563. The van der Waals surface area contributed by atoms with Crippen molar-refractivity contribution in [2.24, 2.45) is 0 Å². The second-order valence-electron chi connectivity index (χ2n) is 2.08. The van der Waals surface area contributed by atoms with Crippen LogP contribution in [0.25, 0.3) is 0 Å². The second kappa shape index (κ2) is 3.71. The lowest BCUT2D eigenvalue weighted by Gasteiger charge is -2.04. The second-order valence-corrected chi connectivity index (χ2v) is 2.08. The topological polar surface area (TPSA) is 38.3 Å². The standard InChI is InChI=1S/C8H8FNO2/c1-12-7-4-2-3-6(8(7)9)10-5-11/h2-5H,1H3,(H,10,11). The van der Waals surface area contributed by atoms with Crippen LogP contribution in [0.4, 0.5) is 10.1 Å². The Labute approximate surface area is 69.2 Å². The van der Waals surface area contributed by atoms with Gasteiger partial charge in [0.2, 0.25) is 6.41 Å². The molecule has 12 heavy (non-hydrogen) atoms. The number of ether oxygens (including phenoxy) is 1. The largest absolute Gasteiger partial charge is 0.494 e. The Kier molecular flexibility index (Phi) is 2.63. The monoisotopic (exact) mass is 169 g/mol. The highest BCUT2D eigenvalue weighted by atomic mass is 19.1. The van der Waals surface area contributed by atoms with Crippen molar-refractivity contribution < 1.29 is 13.9 Å². The highest BCUT2D eigenvalue weighted by Gasteiger charge is 2.06. The van der Waals surface area contributed by atoms with Gasteiger partial charge in [-0.1, -0.05) is 6.07 Å². The van der Waals surface area contributed by atoms with E-state index < -0.39 is 5.82 Å². The van der Waals surface area contributed by atoms with Gasteiger partial charge in [0.15, 0.2) is 11.6 Å². The number of carbonyl (C=O) groups is 1. The van der Waals surface area contributed by atoms with E-state index in [1.54, 1.807) is 6.07 Å². The van der Waals surface area contributed by atoms with E-state index in [-0.39, 0.29) is 11.4 Å². The summed E-state index contributed by atoms with van der Waals surface area (Å²) in [7, 11) is 1.36. The molecular weight excluding hydrogens is 161 g/mol. The van der Waals surface area contributed by atoms with Crippen LogP contribution in [0, 0.1) is 5.82 Å². The van der Waals surface area contributed by atoms with Gasteiger partial charge in [-0.2, -0.15) is 0 Å². The molecule has 4 heteroatoms. The Hall–Kier alpha value is -1.58. The molecule has 0 atom stereocenters. The molecule has 3 nitrogen and oxygen atoms in total.